The fraction of sp³-hybridized carbons (Fsp3) is 0.362. The van der Waals surface area contributed by atoms with E-state index in [2.05, 4.69) is 54.6 Å². The summed E-state index contributed by atoms with van der Waals surface area (Å²) in [6.07, 6.45) is 9.82. The first kappa shape index (κ1) is 50.9. The Labute approximate surface area is 433 Å². The highest BCUT2D eigenvalue weighted by Crippen LogP contribution is 2.45. The molecule has 8 aromatic rings. The maximum absolute atomic E-state index is 14.5. The molecule has 6 heterocycles. The topological polar surface area (TPSA) is 153 Å². The van der Waals surface area contributed by atoms with Crippen LogP contribution in [0.3, 0.4) is 0 Å². The van der Waals surface area contributed by atoms with Crippen LogP contribution >= 0.6 is 0 Å². The third kappa shape index (κ3) is 11.0. The Hall–Kier alpha value is -7.63. The molecule has 4 aromatic carbocycles. The van der Waals surface area contributed by atoms with E-state index >= 15 is 0 Å². The molecule has 0 spiro atoms. The van der Waals surface area contributed by atoms with E-state index in [4.69, 9.17) is 18.5 Å². The number of aromatic nitrogens is 4. The van der Waals surface area contributed by atoms with Crippen molar-refractivity contribution in [3.05, 3.63) is 143 Å². The number of piperazine rings is 2. The standard InChI is InChI=1S/C29H31FN4O3.C15H19N3O2.C14H12FNO2/c1-32-18-24(29(35)36-2)21-10-9-20(17-26(21)32)34-15-13-33(14-16-34)12-11-23-27(22-5-3-4-6-25(22)30)31-37-28(23)19-7-8-19;1-17-10-13(15(19)20-2)12-4-3-11(9-14(12)17)18-7-5-16-6-8-18;15-12-4-2-1-3-10(12)13-11(7-8-17)14(18-16-13)9-5-6-9/h3-6,9-10,17-19H,7-8,11-16H2,1-2H3;3-4,9-10,16H,5-8H2,1-2H3;1-4,8-9H,5-7H2. The Morgan fingerprint density at radius 3 is 1.59 bits per heavy atom. The van der Waals surface area contributed by atoms with E-state index in [0.717, 1.165) is 147 Å². The van der Waals surface area contributed by atoms with Crippen molar-refractivity contribution in [1.29, 1.82) is 0 Å². The molecule has 0 radical (unpaired) electrons. The molecular weight excluding hydrogens is 959 g/mol. The number of nitrogens with one attached hydrogen (secondary N) is 1. The molecule has 4 fully saturated rings. The minimum atomic E-state index is -0.347. The van der Waals surface area contributed by atoms with Gasteiger partial charge in [0.05, 0.1) is 36.4 Å². The number of benzene rings is 4. The quantitative estimate of drug-likeness (QED) is 0.0863. The van der Waals surface area contributed by atoms with Crippen molar-refractivity contribution in [1.82, 2.24) is 29.7 Å². The van der Waals surface area contributed by atoms with Gasteiger partial charge in [-0.2, -0.15) is 0 Å². The lowest BCUT2D eigenvalue weighted by Crippen LogP contribution is -2.47. The summed E-state index contributed by atoms with van der Waals surface area (Å²) in [6.45, 7) is 8.65. The Kier molecular flexibility index (Phi) is 15.2. The Bertz CT molecular complexity index is 3340. The van der Waals surface area contributed by atoms with Gasteiger partial charge in [0.15, 0.2) is 0 Å². The maximum atomic E-state index is 14.5. The van der Waals surface area contributed by atoms with Crippen molar-refractivity contribution < 1.29 is 41.7 Å². The molecule has 390 valence electrons. The van der Waals surface area contributed by atoms with Crippen molar-refractivity contribution in [3.63, 3.8) is 0 Å². The number of carbonyl (C=O) groups excluding carboxylic acids is 3. The molecule has 0 amide bonds. The third-order valence-corrected chi connectivity index (χ3v) is 14.7. The Morgan fingerprint density at radius 1 is 0.653 bits per heavy atom. The number of hydrogen-bond acceptors (Lipinski definition) is 13. The van der Waals surface area contributed by atoms with Crippen LogP contribution in [0.15, 0.2) is 106 Å². The number of aldehydes is 1. The zero-order chi connectivity index (χ0) is 52.2. The summed E-state index contributed by atoms with van der Waals surface area (Å²) in [5.41, 5.74) is 9.46. The van der Waals surface area contributed by atoms with E-state index < -0.39 is 0 Å². The van der Waals surface area contributed by atoms with Crippen molar-refractivity contribution in [2.75, 3.05) is 82.9 Å². The zero-order valence-corrected chi connectivity index (χ0v) is 42.8. The molecule has 4 aliphatic rings. The molecular formula is C58H62F2N8O7. The molecule has 17 heteroatoms. The first-order valence-corrected chi connectivity index (χ1v) is 25.7. The van der Waals surface area contributed by atoms with Crippen LogP contribution in [-0.4, -0.2) is 116 Å². The predicted octanol–water partition coefficient (Wildman–Crippen LogP) is 9.48. The van der Waals surface area contributed by atoms with E-state index in [9.17, 15) is 23.2 Å². The summed E-state index contributed by atoms with van der Waals surface area (Å²) >= 11 is 0. The number of methoxy groups -OCH3 is 2. The summed E-state index contributed by atoms with van der Waals surface area (Å²) < 4.78 is 53.1. The molecule has 2 aliphatic carbocycles. The molecule has 2 saturated carbocycles. The normalized spacial score (nSPS) is 15.8. The number of aryl methyl sites for hydroxylation is 2. The average Bonchev–Trinajstić information content (AvgIpc) is 4.34. The van der Waals surface area contributed by atoms with Crippen molar-refractivity contribution in [2.24, 2.45) is 14.1 Å². The van der Waals surface area contributed by atoms with Gasteiger partial charge >= 0.3 is 11.9 Å². The SMILES string of the molecule is COC(=O)c1cn(C)c2cc(N3CCN(CCc4c(-c5ccccc5F)noc4C4CC4)CC3)ccc12.COC(=O)c1cn(C)c2cc(N3CCNCC3)ccc12.O=CCc1c(-c2ccccc2F)noc1C1CC1. The Balaban J connectivity index is 0.000000142. The monoisotopic (exact) mass is 1020 g/mol. The fourth-order valence-corrected chi connectivity index (χ4v) is 10.3. The van der Waals surface area contributed by atoms with Gasteiger partial charge in [0.25, 0.3) is 0 Å². The number of rotatable bonds is 13. The van der Waals surface area contributed by atoms with E-state index in [1.165, 1.54) is 32.0 Å². The van der Waals surface area contributed by atoms with E-state index in [1.807, 2.05) is 53.8 Å². The summed E-state index contributed by atoms with van der Waals surface area (Å²) in [5.74, 6) is 1.26. The molecule has 0 atom stereocenters. The largest absolute Gasteiger partial charge is 0.465 e. The smallest absolute Gasteiger partial charge is 0.340 e. The van der Waals surface area contributed by atoms with Crippen LogP contribution in [0.2, 0.25) is 0 Å². The van der Waals surface area contributed by atoms with Gasteiger partial charge in [-0.05, 0) is 92.8 Å². The summed E-state index contributed by atoms with van der Waals surface area (Å²) in [4.78, 5) is 41.9. The van der Waals surface area contributed by atoms with Crippen LogP contribution < -0.4 is 15.1 Å². The molecule has 4 aromatic heterocycles. The van der Waals surface area contributed by atoms with Gasteiger partial charge in [0, 0.05) is 148 Å². The molecule has 0 unspecified atom stereocenters. The number of anilines is 2. The van der Waals surface area contributed by atoms with Crippen LogP contribution in [-0.2, 0) is 41.2 Å². The minimum Gasteiger partial charge on any atom is -0.465 e. The zero-order valence-electron chi connectivity index (χ0n) is 42.8. The fourth-order valence-electron chi connectivity index (χ4n) is 10.3. The van der Waals surface area contributed by atoms with Crippen LogP contribution in [0, 0.1) is 11.6 Å². The number of ether oxygens (including phenoxy) is 2. The first-order chi connectivity index (χ1) is 36.5. The first-order valence-electron chi connectivity index (χ1n) is 25.7. The second-order valence-corrected chi connectivity index (χ2v) is 19.6. The molecule has 0 bridgehead atoms. The number of esters is 2. The van der Waals surface area contributed by atoms with Crippen molar-refractivity contribution in [3.8, 4) is 22.5 Å². The molecule has 1 N–H and O–H groups in total. The third-order valence-electron chi connectivity index (χ3n) is 14.7. The molecule has 2 aliphatic heterocycles. The van der Waals surface area contributed by atoms with Gasteiger partial charge in [-0.15, -0.1) is 0 Å². The molecule has 12 rings (SSSR count). The second kappa shape index (κ2) is 22.5. The van der Waals surface area contributed by atoms with Gasteiger partial charge in [0.1, 0.15) is 40.8 Å². The lowest BCUT2D eigenvalue weighted by Gasteiger charge is -2.36. The van der Waals surface area contributed by atoms with Crippen molar-refractivity contribution >= 4 is 51.4 Å². The van der Waals surface area contributed by atoms with Gasteiger partial charge in [0.2, 0.25) is 0 Å². The highest BCUT2D eigenvalue weighted by atomic mass is 19.1. The highest BCUT2D eigenvalue weighted by molar-refractivity contribution is 6.06. The lowest BCUT2D eigenvalue weighted by atomic mass is 10.0. The number of nitrogens with zero attached hydrogens (tertiary/aromatic N) is 7. The van der Waals surface area contributed by atoms with Crippen LogP contribution in [0.4, 0.5) is 20.2 Å². The molecule has 15 nitrogen and oxygen atoms in total. The minimum absolute atomic E-state index is 0.221. The predicted molar refractivity (Wildman–Crippen MR) is 283 cm³/mol. The van der Waals surface area contributed by atoms with Crippen molar-refractivity contribution in [2.45, 2.75) is 50.4 Å². The molecule has 2 saturated heterocycles. The molecule has 75 heavy (non-hydrogen) atoms. The number of fused-ring (bicyclic) bond motifs is 2. The average molecular weight is 1020 g/mol. The maximum Gasteiger partial charge on any atom is 0.340 e. The number of hydrogen-bond donors (Lipinski definition) is 1. The van der Waals surface area contributed by atoms with Crippen LogP contribution in [0.1, 0.15) is 80.9 Å². The van der Waals surface area contributed by atoms with E-state index in [-0.39, 0.29) is 30.0 Å². The number of halogens is 2. The van der Waals surface area contributed by atoms with E-state index in [1.54, 1.807) is 30.3 Å². The van der Waals surface area contributed by atoms with E-state index in [0.29, 0.717) is 45.5 Å². The summed E-state index contributed by atoms with van der Waals surface area (Å²) in [5, 5.41) is 13.5. The van der Waals surface area contributed by atoms with Gasteiger partial charge < -0.3 is 47.6 Å². The van der Waals surface area contributed by atoms with Gasteiger partial charge in [-0.25, -0.2) is 18.4 Å². The van der Waals surface area contributed by atoms with Crippen LogP contribution in [0.5, 0.6) is 0 Å². The van der Waals surface area contributed by atoms with Gasteiger partial charge in [-0.1, -0.05) is 34.6 Å². The van der Waals surface area contributed by atoms with Gasteiger partial charge in [-0.3, -0.25) is 4.90 Å². The Morgan fingerprint density at radius 2 is 1.12 bits per heavy atom. The number of carbonyl (C=O) groups is 3. The summed E-state index contributed by atoms with van der Waals surface area (Å²) in [6, 6.07) is 25.7. The second-order valence-electron chi connectivity index (χ2n) is 19.6. The lowest BCUT2D eigenvalue weighted by molar-refractivity contribution is -0.107. The highest BCUT2D eigenvalue weighted by Gasteiger charge is 2.34. The summed E-state index contributed by atoms with van der Waals surface area (Å²) in [7, 11) is 6.73. The van der Waals surface area contributed by atoms with Crippen LogP contribution in [0.25, 0.3) is 44.3 Å².